The second-order valence-corrected chi connectivity index (χ2v) is 4.81. The lowest BCUT2D eigenvalue weighted by molar-refractivity contribution is 0.403. The third-order valence-electron chi connectivity index (χ3n) is 3.42. The lowest BCUT2D eigenvalue weighted by Crippen LogP contribution is -1.95. The van der Waals surface area contributed by atoms with Gasteiger partial charge in [-0.3, -0.25) is 0 Å². The van der Waals surface area contributed by atoms with Crippen LogP contribution in [0.4, 0.5) is 11.7 Å². The molecule has 0 radical (unpaired) electrons. The van der Waals surface area contributed by atoms with Crippen molar-refractivity contribution in [3.63, 3.8) is 0 Å². The fraction of sp³-hybridized carbons (Fsp3) is 0.176. The van der Waals surface area contributed by atoms with Gasteiger partial charge >= 0.3 is 6.01 Å². The Morgan fingerprint density at radius 1 is 0.917 bits per heavy atom. The van der Waals surface area contributed by atoms with Crippen LogP contribution >= 0.6 is 0 Å². The molecule has 0 spiro atoms. The molecule has 0 bridgehead atoms. The van der Waals surface area contributed by atoms with Gasteiger partial charge in [-0.2, -0.15) is 4.98 Å². The number of benzene rings is 2. The SMILES string of the molecule is COc1ccc(OC)c(-c2noc(Nc3ccccc3OC)n2)c1. The lowest BCUT2D eigenvalue weighted by atomic mass is 10.2. The van der Waals surface area contributed by atoms with E-state index < -0.39 is 0 Å². The van der Waals surface area contributed by atoms with Gasteiger partial charge in [0.1, 0.15) is 17.2 Å². The van der Waals surface area contributed by atoms with Gasteiger partial charge in [0.15, 0.2) is 0 Å². The first-order valence-electron chi connectivity index (χ1n) is 7.21. The molecule has 3 aromatic rings. The first-order chi connectivity index (χ1) is 11.7. The van der Waals surface area contributed by atoms with Crippen LogP contribution in [-0.2, 0) is 0 Å². The number of hydrogen-bond donors (Lipinski definition) is 1. The van der Waals surface area contributed by atoms with Crippen molar-refractivity contribution in [2.24, 2.45) is 0 Å². The fourth-order valence-corrected chi connectivity index (χ4v) is 2.24. The van der Waals surface area contributed by atoms with Crippen molar-refractivity contribution in [1.29, 1.82) is 0 Å². The Morgan fingerprint density at radius 3 is 2.46 bits per heavy atom. The molecule has 0 aliphatic rings. The van der Waals surface area contributed by atoms with Crippen molar-refractivity contribution in [2.45, 2.75) is 0 Å². The molecule has 7 nitrogen and oxygen atoms in total. The summed E-state index contributed by atoms with van der Waals surface area (Å²) < 4.78 is 21.1. The first kappa shape index (κ1) is 15.7. The van der Waals surface area contributed by atoms with Crippen molar-refractivity contribution >= 4 is 11.7 Å². The van der Waals surface area contributed by atoms with Gasteiger partial charge in [-0.25, -0.2) is 0 Å². The summed E-state index contributed by atoms with van der Waals surface area (Å²) in [6.07, 6.45) is 0. The van der Waals surface area contributed by atoms with Crippen molar-refractivity contribution in [3.8, 4) is 28.6 Å². The van der Waals surface area contributed by atoms with Crippen molar-refractivity contribution < 1.29 is 18.7 Å². The van der Waals surface area contributed by atoms with E-state index in [1.807, 2.05) is 24.3 Å². The van der Waals surface area contributed by atoms with Crippen molar-refractivity contribution in [1.82, 2.24) is 10.1 Å². The number of aromatic nitrogens is 2. The third-order valence-corrected chi connectivity index (χ3v) is 3.42. The Balaban J connectivity index is 1.91. The molecule has 1 N–H and O–H groups in total. The second kappa shape index (κ2) is 6.91. The predicted molar refractivity (Wildman–Crippen MR) is 89.1 cm³/mol. The van der Waals surface area contributed by atoms with Crippen LogP contribution < -0.4 is 19.5 Å². The average Bonchev–Trinajstić information content (AvgIpc) is 3.10. The molecule has 24 heavy (non-hydrogen) atoms. The van der Waals surface area contributed by atoms with Crippen LogP contribution in [0.2, 0.25) is 0 Å². The summed E-state index contributed by atoms with van der Waals surface area (Å²) in [7, 11) is 4.77. The quantitative estimate of drug-likeness (QED) is 0.742. The molecule has 2 aromatic carbocycles. The number of para-hydroxylation sites is 2. The van der Waals surface area contributed by atoms with E-state index in [-0.39, 0.29) is 6.01 Å². The highest BCUT2D eigenvalue weighted by atomic mass is 16.5. The first-order valence-corrected chi connectivity index (χ1v) is 7.21. The summed E-state index contributed by atoms with van der Waals surface area (Å²) in [5.41, 5.74) is 1.40. The maximum absolute atomic E-state index is 5.35. The lowest BCUT2D eigenvalue weighted by Gasteiger charge is -2.07. The van der Waals surface area contributed by atoms with Gasteiger partial charge in [0.05, 0.1) is 32.6 Å². The van der Waals surface area contributed by atoms with Crippen LogP contribution in [0.1, 0.15) is 0 Å². The van der Waals surface area contributed by atoms with E-state index in [1.54, 1.807) is 39.5 Å². The second-order valence-electron chi connectivity index (χ2n) is 4.81. The van der Waals surface area contributed by atoms with Crippen LogP contribution in [0, 0.1) is 0 Å². The highest BCUT2D eigenvalue weighted by molar-refractivity contribution is 5.68. The zero-order chi connectivity index (χ0) is 16.9. The zero-order valence-corrected chi connectivity index (χ0v) is 13.6. The van der Waals surface area contributed by atoms with Gasteiger partial charge in [-0.15, -0.1) is 0 Å². The van der Waals surface area contributed by atoms with E-state index in [0.717, 1.165) is 5.69 Å². The van der Waals surface area contributed by atoms with Crippen LogP contribution in [0.3, 0.4) is 0 Å². The number of nitrogens with zero attached hydrogens (tertiary/aromatic N) is 2. The number of methoxy groups -OCH3 is 3. The standard InChI is InChI=1S/C17H17N3O4/c1-21-11-8-9-14(22-2)12(10-11)16-19-17(24-20-16)18-13-6-4-5-7-15(13)23-3/h4-10H,1-3H3,(H,18,19,20). The molecule has 0 atom stereocenters. The van der Waals surface area contributed by atoms with Gasteiger partial charge in [0.25, 0.3) is 0 Å². The molecular weight excluding hydrogens is 310 g/mol. The highest BCUT2D eigenvalue weighted by Crippen LogP contribution is 2.33. The summed E-state index contributed by atoms with van der Waals surface area (Å²) in [5.74, 6) is 2.37. The molecule has 0 aliphatic carbocycles. The van der Waals surface area contributed by atoms with Crippen molar-refractivity contribution in [2.75, 3.05) is 26.6 Å². The molecule has 0 amide bonds. The van der Waals surface area contributed by atoms with Gasteiger partial charge < -0.3 is 24.1 Å². The molecule has 0 aliphatic heterocycles. The Hall–Kier alpha value is -3.22. The number of ether oxygens (including phenoxy) is 3. The molecule has 1 heterocycles. The molecule has 0 saturated carbocycles. The Morgan fingerprint density at radius 2 is 1.71 bits per heavy atom. The third kappa shape index (κ3) is 3.10. The summed E-state index contributed by atoms with van der Waals surface area (Å²) in [4.78, 5) is 4.36. The van der Waals surface area contributed by atoms with Crippen LogP contribution in [-0.4, -0.2) is 31.5 Å². The minimum atomic E-state index is 0.249. The largest absolute Gasteiger partial charge is 0.497 e. The number of rotatable bonds is 6. The van der Waals surface area contributed by atoms with E-state index in [4.69, 9.17) is 18.7 Å². The Labute approximate surface area is 139 Å². The normalized spacial score (nSPS) is 10.3. The van der Waals surface area contributed by atoms with Crippen LogP contribution in [0.25, 0.3) is 11.4 Å². The minimum absolute atomic E-state index is 0.249. The maximum Gasteiger partial charge on any atom is 0.326 e. The van der Waals surface area contributed by atoms with Crippen LogP contribution in [0.5, 0.6) is 17.2 Å². The van der Waals surface area contributed by atoms with E-state index in [2.05, 4.69) is 15.5 Å². The summed E-state index contributed by atoms with van der Waals surface area (Å²) >= 11 is 0. The number of anilines is 2. The zero-order valence-electron chi connectivity index (χ0n) is 13.6. The minimum Gasteiger partial charge on any atom is -0.497 e. The van der Waals surface area contributed by atoms with Gasteiger partial charge in [0, 0.05) is 0 Å². The summed E-state index contributed by atoms with van der Waals surface area (Å²) in [6.45, 7) is 0. The van der Waals surface area contributed by atoms with Crippen molar-refractivity contribution in [3.05, 3.63) is 42.5 Å². The Kier molecular flexibility index (Phi) is 4.51. The molecular formula is C17H17N3O4. The Bertz CT molecular complexity index is 832. The van der Waals surface area contributed by atoms with Crippen LogP contribution in [0.15, 0.2) is 47.0 Å². The molecule has 1 aromatic heterocycles. The molecule has 0 fully saturated rings. The smallest absolute Gasteiger partial charge is 0.326 e. The van der Waals surface area contributed by atoms with E-state index >= 15 is 0 Å². The maximum atomic E-state index is 5.35. The predicted octanol–water partition coefficient (Wildman–Crippen LogP) is 3.51. The van der Waals surface area contributed by atoms with E-state index in [1.165, 1.54) is 0 Å². The van der Waals surface area contributed by atoms with E-state index in [9.17, 15) is 0 Å². The molecule has 0 unspecified atom stereocenters. The molecule has 3 rings (SSSR count). The van der Waals surface area contributed by atoms with Gasteiger partial charge in [0.2, 0.25) is 5.82 Å². The fourth-order valence-electron chi connectivity index (χ4n) is 2.24. The van der Waals surface area contributed by atoms with Gasteiger partial charge in [-0.1, -0.05) is 17.3 Å². The molecule has 0 saturated heterocycles. The average molecular weight is 327 g/mol. The number of hydrogen-bond acceptors (Lipinski definition) is 7. The topological polar surface area (TPSA) is 78.6 Å². The summed E-state index contributed by atoms with van der Waals surface area (Å²) in [6, 6.07) is 13.1. The van der Waals surface area contributed by atoms with Gasteiger partial charge in [-0.05, 0) is 30.3 Å². The number of nitrogens with one attached hydrogen (secondary N) is 1. The van der Waals surface area contributed by atoms with E-state index in [0.29, 0.717) is 28.6 Å². The highest BCUT2D eigenvalue weighted by Gasteiger charge is 2.15. The molecule has 7 heteroatoms. The monoisotopic (exact) mass is 327 g/mol. The summed E-state index contributed by atoms with van der Waals surface area (Å²) in [5, 5.41) is 7.04. The molecule has 124 valence electrons.